The molecule has 3 N–H and O–H groups in total. The zero-order chi connectivity index (χ0) is 41.8. The summed E-state index contributed by atoms with van der Waals surface area (Å²) < 4.78 is 52.1. The number of sulfonamides is 1. The lowest BCUT2D eigenvalue weighted by molar-refractivity contribution is -0.143. The average Bonchev–Trinajstić information content (AvgIpc) is 4.04. The molecule has 1 saturated heterocycles. The molecule has 2 heterocycles. The number of nitrogens with one attached hydrogen (secondary N) is 3. The van der Waals surface area contributed by atoms with E-state index in [2.05, 4.69) is 34.1 Å². The minimum Gasteiger partial charge on any atom is -0.493 e. The van der Waals surface area contributed by atoms with Crippen LogP contribution in [0.25, 0.3) is 10.8 Å². The van der Waals surface area contributed by atoms with E-state index in [9.17, 15) is 27.6 Å². The van der Waals surface area contributed by atoms with Crippen LogP contribution in [0.15, 0.2) is 30.3 Å². The van der Waals surface area contributed by atoms with Crippen molar-refractivity contribution in [1.29, 1.82) is 0 Å². The summed E-state index contributed by atoms with van der Waals surface area (Å²) in [6, 6.07) is 7.54. The Bertz CT molecular complexity index is 2050. The van der Waals surface area contributed by atoms with Crippen molar-refractivity contribution in [2.45, 2.75) is 114 Å². The van der Waals surface area contributed by atoms with Gasteiger partial charge in [0.2, 0.25) is 21.8 Å². The minimum absolute atomic E-state index is 0.0185. The van der Waals surface area contributed by atoms with Crippen molar-refractivity contribution in [3.8, 4) is 11.5 Å². The van der Waals surface area contributed by atoms with E-state index < -0.39 is 67.7 Å². The fourth-order valence-corrected chi connectivity index (χ4v) is 10.1. The van der Waals surface area contributed by atoms with Gasteiger partial charge in [-0.05, 0) is 104 Å². The van der Waals surface area contributed by atoms with Crippen LogP contribution in [0.5, 0.6) is 11.5 Å². The summed E-state index contributed by atoms with van der Waals surface area (Å²) in [6.07, 6.45) is 3.00. The number of ether oxygens (including phenoxy) is 4. The molecule has 7 rings (SSSR count). The van der Waals surface area contributed by atoms with Gasteiger partial charge >= 0.3 is 6.09 Å². The second-order valence-corrected chi connectivity index (χ2v) is 20.1. The number of nitrogens with zero attached hydrogens (tertiary/aromatic N) is 2. The highest BCUT2D eigenvalue weighted by atomic mass is 32.2. The third-order valence-electron chi connectivity index (χ3n) is 12.7. The van der Waals surface area contributed by atoms with Gasteiger partial charge in [-0.15, -0.1) is 0 Å². The van der Waals surface area contributed by atoms with Gasteiger partial charge < -0.3 is 34.5 Å². The summed E-state index contributed by atoms with van der Waals surface area (Å²) >= 11 is 0. The maximum Gasteiger partial charge on any atom is 0.407 e. The molecule has 2 aromatic carbocycles. The van der Waals surface area contributed by atoms with E-state index in [1.54, 1.807) is 7.11 Å². The molecule has 2 aliphatic heterocycles. The lowest BCUT2D eigenvalue weighted by Gasteiger charge is -2.36. The standard InChI is InChI=1S/C42H59N5O10S/c1-25(2)46-15-8-17-56-34-21-28-19-29(12-11-27(28)20-33(34)54-6)41(55-7)23-32(47(24-41)37(49)35(40(3,4)5)43-39(51)57-18-16-46)36(48)44-42(22-31(42)26-9-10-26)38(50)45-58(52,53)30-13-14-30/h11-12,19-21,25-26,30-32,35H,8-10,13-18,22-24H2,1-7H3,(H,43,51)(H,44,48)(H,45,50)/t31-,32-,35+,41-,42+/m0/s1. The molecule has 3 saturated carbocycles. The largest absolute Gasteiger partial charge is 0.493 e. The van der Waals surface area contributed by atoms with Gasteiger partial charge in [0, 0.05) is 32.7 Å². The van der Waals surface area contributed by atoms with Crippen LogP contribution in [-0.4, -0.2) is 118 Å². The van der Waals surface area contributed by atoms with Gasteiger partial charge in [0.1, 0.15) is 29.8 Å². The Labute approximate surface area is 341 Å². The molecular formula is C42H59N5O10S. The van der Waals surface area contributed by atoms with Crippen LogP contribution in [0.2, 0.25) is 0 Å². The molecule has 0 spiro atoms. The quantitative estimate of drug-likeness (QED) is 0.335. The third-order valence-corrected chi connectivity index (χ3v) is 14.5. The molecule has 0 aromatic heterocycles. The summed E-state index contributed by atoms with van der Waals surface area (Å²) in [4.78, 5) is 60.6. The van der Waals surface area contributed by atoms with Gasteiger partial charge in [-0.1, -0.05) is 32.9 Å². The highest BCUT2D eigenvalue weighted by Gasteiger charge is 2.67. The first kappa shape index (κ1) is 42.0. The Morgan fingerprint density at radius 3 is 2.34 bits per heavy atom. The van der Waals surface area contributed by atoms with E-state index in [-0.39, 0.29) is 37.5 Å². The predicted octanol–water partition coefficient (Wildman–Crippen LogP) is 3.82. The molecule has 5 bridgehead atoms. The van der Waals surface area contributed by atoms with Crippen molar-refractivity contribution in [1.82, 2.24) is 25.2 Å². The Hall–Kier alpha value is -4.15. The molecule has 318 valence electrons. The molecule has 58 heavy (non-hydrogen) atoms. The van der Waals surface area contributed by atoms with Crippen LogP contribution in [0, 0.1) is 17.3 Å². The van der Waals surface area contributed by atoms with Crippen molar-refractivity contribution in [2.24, 2.45) is 17.3 Å². The first-order chi connectivity index (χ1) is 27.4. The number of carbonyl (C=O) groups excluding carboxylic acids is 4. The number of cyclic esters (lactones) is 1. The third kappa shape index (κ3) is 8.46. The molecule has 5 atom stereocenters. The van der Waals surface area contributed by atoms with Crippen molar-refractivity contribution < 1.29 is 46.5 Å². The Balaban J connectivity index is 1.27. The minimum atomic E-state index is -3.88. The summed E-state index contributed by atoms with van der Waals surface area (Å²) in [5.74, 6) is -0.738. The maximum atomic E-state index is 15.0. The predicted molar refractivity (Wildman–Crippen MR) is 216 cm³/mol. The lowest BCUT2D eigenvalue weighted by Crippen LogP contribution is -2.60. The number of alkyl carbamates (subject to hydrolysis) is 1. The monoisotopic (exact) mass is 825 g/mol. The number of hydrogen-bond acceptors (Lipinski definition) is 11. The molecule has 2 aromatic rings. The van der Waals surface area contributed by atoms with Crippen LogP contribution in [0.4, 0.5) is 4.79 Å². The summed E-state index contributed by atoms with van der Waals surface area (Å²) in [7, 11) is -0.754. The van der Waals surface area contributed by atoms with Crippen LogP contribution in [-0.2, 0) is 39.5 Å². The van der Waals surface area contributed by atoms with Crippen LogP contribution in [0.3, 0.4) is 0 Å². The zero-order valence-electron chi connectivity index (χ0n) is 34.7. The lowest BCUT2D eigenvalue weighted by atomic mass is 9.85. The van der Waals surface area contributed by atoms with E-state index in [1.165, 1.54) is 12.0 Å². The fourth-order valence-electron chi connectivity index (χ4n) is 8.73. The second kappa shape index (κ2) is 15.8. The summed E-state index contributed by atoms with van der Waals surface area (Å²) in [5, 5.41) is 6.90. The number of carbonyl (C=O) groups is 4. The van der Waals surface area contributed by atoms with Gasteiger partial charge in [-0.2, -0.15) is 0 Å². The van der Waals surface area contributed by atoms with E-state index in [4.69, 9.17) is 18.9 Å². The SMILES string of the molecule is COc1cc2ccc3cc2cc1OCCCN(C(C)C)CCOC(=O)N[C@@H](C(C)(C)C)C(=O)N1C[C@@]3(OC)C[C@H]1C(=O)N[C@]1(C(=O)NS(=O)(=O)C2CC2)C[C@H]1C1CC1. The van der Waals surface area contributed by atoms with Crippen LogP contribution >= 0.6 is 0 Å². The normalized spacial score (nSPS) is 28.8. The molecule has 4 fully saturated rings. The Morgan fingerprint density at radius 1 is 0.966 bits per heavy atom. The van der Waals surface area contributed by atoms with E-state index in [0.29, 0.717) is 62.4 Å². The van der Waals surface area contributed by atoms with E-state index >= 15 is 0 Å². The van der Waals surface area contributed by atoms with Gasteiger partial charge in [-0.3, -0.25) is 24.0 Å². The maximum absolute atomic E-state index is 15.0. The molecule has 16 heteroatoms. The van der Waals surface area contributed by atoms with Crippen molar-refractivity contribution >= 4 is 44.6 Å². The van der Waals surface area contributed by atoms with Crippen LogP contribution < -0.4 is 24.8 Å². The van der Waals surface area contributed by atoms with E-state index in [0.717, 1.165) is 23.6 Å². The molecule has 15 nitrogen and oxygen atoms in total. The van der Waals surface area contributed by atoms with Gasteiger partial charge in [0.05, 0.1) is 25.5 Å². The Morgan fingerprint density at radius 2 is 1.71 bits per heavy atom. The molecule has 0 unspecified atom stereocenters. The first-order valence-electron chi connectivity index (χ1n) is 20.6. The van der Waals surface area contributed by atoms with E-state index in [1.807, 2.05) is 51.1 Å². The molecule has 0 radical (unpaired) electrons. The first-order valence-corrected chi connectivity index (χ1v) is 22.1. The number of rotatable bonds is 9. The molecule has 3 aliphatic carbocycles. The Kier molecular flexibility index (Phi) is 11.4. The summed E-state index contributed by atoms with van der Waals surface area (Å²) in [5.41, 5.74) is -2.73. The number of fused-ring (bicyclic) bond motifs is 5. The number of methoxy groups -OCH3 is 2. The van der Waals surface area contributed by atoms with Crippen LogP contribution in [0.1, 0.15) is 85.1 Å². The topological polar surface area (TPSA) is 182 Å². The average molecular weight is 826 g/mol. The van der Waals surface area contributed by atoms with Gasteiger partial charge in [0.15, 0.2) is 11.5 Å². The van der Waals surface area contributed by atoms with Gasteiger partial charge in [0.25, 0.3) is 5.91 Å². The highest BCUT2D eigenvalue weighted by molar-refractivity contribution is 7.91. The molecular weight excluding hydrogens is 767 g/mol. The van der Waals surface area contributed by atoms with Crippen molar-refractivity contribution in [3.63, 3.8) is 0 Å². The molecule has 5 aliphatic rings. The fraction of sp³-hybridized carbons (Fsp3) is 0.667. The number of benzene rings is 2. The smallest absolute Gasteiger partial charge is 0.407 e. The number of hydrogen-bond donors (Lipinski definition) is 3. The van der Waals surface area contributed by atoms with Gasteiger partial charge in [-0.25, -0.2) is 13.2 Å². The number of amides is 4. The second-order valence-electron chi connectivity index (χ2n) is 18.1. The van der Waals surface area contributed by atoms with Crippen molar-refractivity contribution in [2.75, 3.05) is 47.1 Å². The molecule has 4 amide bonds. The highest BCUT2D eigenvalue weighted by Crippen LogP contribution is 2.57. The van der Waals surface area contributed by atoms with Crippen molar-refractivity contribution in [3.05, 3.63) is 35.9 Å². The summed E-state index contributed by atoms with van der Waals surface area (Å²) in [6.45, 7) is 11.2. The zero-order valence-corrected chi connectivity index (χ0v) is 35.5.